The van der Waals surface area contributed by atoms with Crippen LogP contribution in [-0.2, 0) is 11.2 Å². The van der Waals surface area contributed by atoms with E-state index in [-0.39, 0.29) is 11.7 Å². The zero-order valence-corrected chi connectivity index (χ0v) is 14.2. The summed E-state index contributed by atoms with van der Waals surface area (Å²) in [6.45, 7) is 1.94. The number of amidine groups is 1. The third-order valence-corrected chi connectivity index (χ3v) is 4.43. The van der Waals surface area contributed by atoms with Crippen molar-refractivity contribution in [3.05, 3.63) is 64.4 Å². The summed E-state index contributed by atoms with van der Waals surface area (Å²) in [5.74, 6) is 0.293. The lowest BCUT2D eigenvalue weighted by Crippen LogP contribution is -2.30. The molecule has 1 unspecified atom stereocenters. The van der Waals surface area contributed by atoms with Crippen LogP contribution in [0.3, 0.4) is 0 Å². The maximum absolute atomic E-state index is 12.9. The number of carbonyl (C=O) groups excluding carboxylic acids is 1. The fraction of sp³-hybridized carbons (Fsp3) is 0.222. The Balaban J connectivity index is 1.79. The van der Waals surface area contributed by atoms with Gasteiger partial charge in [-0.15, -0.1) is 0 Å². The fourth-order valence-electron chi connectivity index (χ4n) is 2.76. The lowest BCUT2D eigenvalue weighted by molar-refractivity contribution is -0.126. The SMILES string of the molecule is CC1(Cc2cccc(Br)c2)CC(=Nc2ccc(F)cc2)NC1=O. The van der Waals surface area contributed by atoms with Gasteiger partial charge in [0, 0.05) is 10.9 Å². The number of hydrogen-bond donors (Lipinski definition) is 1. The highest BCUT2D eigenvalue weighted by molar-refractivity contribution is 9.10. The molecule has 23 heavy (non-hydrogen) atoms. The summed E-state index contributed by atoms with van der Waals surface area (Å²) in [4.78, 5) is 16.8. The van der Waals surface area contributed by atoms with E-state index in [0.29, 0.717) is 24.4 Å². The molecule has 2 aromatic rings. The summed E-state index contributed by atoms with van der Waals surface area (Å²) in [7, 11) is 0. The molecule has 1 N–H and O–H groups in total. The van der Waals surface area contributed by atoms with Gasteiger partial charge in [-0.25, -0.2) is 9.38 Å². The number of nitrogens with one attached hydrogen (secondary N) is 1. The summed E-state index contributed by atoms with van der Waals surface area (Å²) in [6, 6.07) is 13.9. The fourth-order valence-corrected chi connectivity index (χ4v) is 3.20. The van der Waals surface area contributed by atoms with Gasteiger partial charge in [-0.05, 0) is 55.3 Å². The predicted molar refractivity (Wildman–Crippen MR) is 92.2 cm³/mol. The summed E-state index contributed by atoms with van der Waals surface area (Å²) >= 11 is 3.45. The van der Waals surface area contributed by atoms with Crippen molar-refractivity contribution < 1.29 is 9.18 Å². The molecule has 118 valence electrons. The predicted octanol–water partition coefficient (Wildman–Crippen LogP) is 4.39. The van der Waals surface area contributed by atoms with Crippen LogP contribution in [-0.4, -0.2) is 11.7 Å². The molecule has 0 saturated carbocycles. The third kappa shape index (κ3) is 3.67. The number of amides is 1. The van der Waals surface area contributed by atoms with Crippen LogP contribution in [0.25, 0.3) is 0 Å². The number of benzene rings is 2. The van der Waals surface area contributed by atoms with E-state index in [0.717, 1.165) is 10.0 Å². The first kappa shape index (κ1) is 15.9. The highest BCUT2D eigenvalue weighted by Crippen LogP contribution is 2.33. The maximum Gasteiger partial charge on any atom is 0.232 e. The first-order valence-corrected chi connectivity index (χ1v) is 8.13. The van der Waals surface area contributed by atoms with Crippen molar-refractivity contribution in [3.8, 4) is 0 Å². The van der Waals surface area contributed by atoms with Gasteiger partial charge in [-0.2, -0.15) is 0 Å². The minimum Gasteiger partial charge on any atom is -0.314 e. The Bertz CT molecular complexity index is 773. The average molecular weight is 375 g/mol. The van der Waals surface area contributed by atoms with E-state index in [1.807, 2.05) is 31.2 Å². The number of hydrogen-bond acceptors (Lipinski definition) is 2. The van der Waals surface area contributed by atoms with Gasteiger partial charge in [-0.3, -0.25) is 4.79 Å². The number of aliphatic imine (C=N–C) groups is 1. The molecule has 1 aliphatic heterocycles. The van der Waals surface area contributed by atoms with E-state index in [2.05, 4.69) is 26.2 Å². The molecule has 1 heterocycles. The molecule has 1 aliphatic rings. The van der Waals surface area contributed by atoms with Crippen molar-refractivity contribution >= 4 is 33.4 Å². The summed E-state index contributed by atoms with van der Waals surface area (Å²) in [5, 5.41) is 2.85. The Morgan fingerprint density at radius 3 is 2.70 bits per heavy atom. The van der Waals surface area contributed by atoms with Crippen LogP contribution >= 0.6 is 15.9 Å². The van der Waals surface area contributed by atoms with Crippen molar-refractivity contribution in [3.63, 3.8) is 0 Å². The van der Waals surface area contributed by atoms with Crippen molar-refractivity contribution in [1.82, 2.24) is 5.32 Å². The Hall–Kier alpha value is -2.01. The monoisotopic (exact) mass is 374 g/mol. The standard InChI is InChI=1S/C18H16BrFN2O/c1-18(10-12-3-2-4-13(19)9-12)11-16(22-17(18)23)21-15-7-5-14(20)6-8-15/h2-9H,10-11H2,1H3,(H,21,22,23). The van der Waals surface area contributed by atoms with Gasteiger partial charge < -0.3 is 5.32 Å². The Morgan fingerprint density at radius 2 is 2.00 bits per heavy atom. The minimum absolute atomic E-state index is 0.0293. The lowest BCUT2D eigenvalue weighted by Gasteiger charge is -2.19. The quantitative estimate of drug-likeness (QED) is 0.850. The van der Waals surface area contributed by atoms with Crippen LogP contribution in [0.5, 0.6) is 0 Å². The first-order chi connectivity index (χ1) is 10.9. The molecule has 0 bridgehead atoms. The highest BCUT2D eigenvalue weighted by Gasteiger charge is 2.41. The van der Waals surface area contributed by atoms with Gasteiger partial charge in [0.1, 0.15) is 11.7 Å². The normalized spacial score (nSPS) is 22.4. The van der Waals surface area contributed by atoms with Crippen LogP contribution in [0, 0.1) is 11.2 Å². The largest absolute Gasteiger partial charge is 0.314 e. The molecular weight excluding hydrogens is 359 g/mol. The van der Waals surface area contributed by atoms with Gasteiger partial charge in [0.05, 0.1) is 11.1 Å². The number of rotatable bonds is 3. The highest BCUT2D eigenvalue weighted by atomic mass is 79.9. The second-order valence-electron chi connectivity index (χ2n) is 6.03. The molecule has 1 fully saturated rings. The van der Waals surface area contributed by atoms with Crippen molar-refractivity contribution in [2.45, 2.75) is 19.8 Å². The van der Waals surface area contributed by atoms with E-state index >= 15 is 0 Å². The topological polar surface area (TPSA) is 41.5 Å². The molecule has 3 nitrogen and oxygen atoms in total. The van der Waals surface area contributed by atoms with E-state index in [1.54, 1.807) is 12.1 Å². The van der Waals surface area contributed by atoms with Gasteiger partial charge in [0.2, 0.25) is 5.91 Å². The molecule has 1 saturated heterocycles. The van der Waals surface area contributed by atoms with Gasteiger partial charge in [-0.1, -0.05) is 28.1 Å². The molecule has 0 spiro atoms. The molecule has 0 aliphatic carbocycles. The van der Waals surface area contributed by atoms with Crippen LogP contribution < -0.4 is 5.32 Å². The summed E-state index contributed by atoms with van der Waals surface area (Å²) in [5.41, 5.74) is 1.20. The lowest BCUT2D eigenvalue weighted by atomic mass is 9.82. The summed E-state index contributed by atoms with van der Waals surface area (Å²) < 4.78 is 13.9. The number of halogens is 2. The smallest absolute Gasteiger partial charge is 0.232 e. The first-order valence-electron chi connectivity index (χ1n) is 7.34. The molecule has 3 rings (SSSR count). The Morgan fingerprint density at radius 1 is 1.26 bits per heavy atom. The van der Waals surface area contributed by atoms with E-state index in [9.17, 15) is 9.18 Å². The van der Waals surface area contributed by atoms with Gasteiger partial charge >= 0.3 is 0 Å². The van der Waals surface area contributed by atoms with Crippen LogP contribution in [0.4, 0.5) is 10.1 Å². The molecule has 1 amide bonds. The second kappa shape index (κ2) is 6.24. The zero-order chi connectivity index (χ0) is 16.4. The van der Waals surface area contributed by atoms with Crippen molar-refractivity contribution in [2.24, 2.45) is 10.4 Å². The molecule has 0 aromatic heterocycles. The minimum atomic E-state index is -0.528. The van der Waals surface area contributed by atoms with E-state index < -0.39 is 5.41 Å². The Kier molecular flexibility index (Phi) is 4.31. The second-order valence-corrected chi connectivity index (χ2v) is 6.95. The Labute approximate surface area is 142 Å². The van der Waals surface area contributed by atoms with Gasteiger partial charge in [0.15, 0.2) is 0 Å². The molecule has 2 aromatic carbocycles. The molecular formula is C18H16BrFN2O. The van der Waals surface area contributed by atoms with Crippen LogP contribution in [0.15, 0.2) is 58.0 Å². The third-order valence-electron chi connectivity index (χ3n) is 3.94. The van der Waals surface area contributed by atoms with Crippen molar-refractivity contribution in [2.75, 3.05) is 0 Å². The molecule has 0 radical (unpaired) electrons. The zero-order valence-electron chi connectivity index (χ0n) is 12.6. The maximum atomic E-state index is 12.9. The number of carbonyl (C=O) groups is 1. The van der Waals surface area contributed by atoms with Crippen LogP contribution in [0.2, 0.25) is 0 Å². The number of nitrogens with zero attached hydrogens (tertiary/aromatic N) is 1. The van der Waals surface area contributed by atoms with Crippen LogP contribution in [0.1, 0.15) is 18.9 Å². The molecule has 1 atom stereocenters. The van der Waals surface area contributed by atoms with Gasteiger partial charge in [0.25, 0.3) is 0 Å². The van der Waals surface area contributed by atoms with E-state index in [4.69, 9.17) is 0 Å². The van der Waals surface area contributed by atoms with E-state index in [1.165, 1.54) is 12.1 Å². The molecule has 5 heteroatoms. The summed E-state index contributed by atoms with van der Waals surface area (Å²) in [6.07, 6.45) is 1.18. The average Bonchev–Trinajstić information content (AvgIpc) is 2.75. The van der Waals surface area contributed by atoms with Crippen molar-refractivity contribution in [1.29, 1.82) is 0 Å².